The summed E-state index contributed by atoms with van der Waals surface area (Å²) in [6, 6.07) is 7.37. The standard InChI is InChI=1S/C16H20N2OS/c17-9-4-6-13-5-3-7-14(11-13)16(19)18-12-15-8-1-2-10-20-15/h3,5,7,11,15H,1-2,8-10,12,17H2,(H,18,19). The van der Waals surface area contributed by atoms with Crippen molar-refractivity contribution in [2.45, 2.75) is 24.5 Å². The van der Waals surface area contributed by atoms with E-state index in [-0.39, 0.29) is 5.91 Å². The summed E-state index contributed by atoms with van der Waals surface area (Å²) >= 11 is 1.96. The van der Waals surface area contributed by atoms with Crippen LogP contribution >= 0.6 is 11.8 Å². The van der Waals surface area contributed by atoms with E-state index >= 15 is 0 Å². The largest absolute Gasteiger partial charge is 0.351 e. The average molecular weight is 288 g/mol. The highest BCUT2D eigenvalue weighted by Gasteiger charge is 2.15. The maximum Gasteiger partial charge on any atom is 0.251 e. The highest BCUT2D eigenvalue weighted by molar-refractivity contribution is 7.99. The second-order valence-electron chi connectivity index (χ2n) is 4.79. The van der Waals surface area contributed by atoms with Crippen LogP contribution in [-0.2, 0) is 0 Å². The fourth-order valence-electron chi connectivity index (χ4n) is 2.17. The molecule has 1 saturated heterocycles. The number of carbonyl (C=O) groups is 1. The van der Waals surface area contributed by atoms with E-state index in [1.165, 1.54) is 25.0 Å². The van der Waals surface area contributed by atoms with Gasteiger partial charge in [-0.15, -0.1) is 0 Å². The van der Waals surface area contributed by atoms with E-state index in [4.69, 9.17) is 5.73 Å². The van der Waals surface area contributed by atoms with Crippen LogP contribution in [0, 0.1) is 11.8 Å². The maximum absolute atomic E-state index is 12.1. The molecule has 3 nitrogen and oxygen atoms in total. The van der Waals surface area contributed by atoms with E-state index in [0.29, 0.717) is 17.4 Å². The molecule has 1 aliphatic heterocycles. The predicted molar refractivity (Wildman–Crippen MR) is 84.8 cm³/mol. The summed E-state index contributed by atoms with van der Waals surface area (Å²) in [5, 5.41) is 3.58. The zero-order chi connectivity index (χ0) is 14.2. The maximum atomic E-state index is 12.1. The van der Waals surface area contributed by atoms with E-state index in [0.717, 1.165) is 12.1 Å². The number of nitrogens with one attached hydrogen (secondary N) is 1. The molecular formula is C16H20N2OS. The van der Waals surface area contributed by atoms with Gasteiger partial charge in [0.2, 0.25) is 0 Å². The van der Waals surface area contributed by atoms with E-state index in [1.54, 1.807) is 0 Å². The Labute approximate surface area is 124 Å². The lowest BCUT2D eigenvalue weighted by molar-refractivity contribution is 0.0953. The zero-order valence-electron chi connectivity index (χ0n) is 11.5. The Morgan fingerprint density at radius 1 is 1.45 bits per heavy atom. The molecule has 1 aliphatic rings. The van der Waals surface area contributed by atoms with Crippen molar-refractivity contribution in [2.75, 3.05) is 18.8 Å². The normalized spacial score (nSPS) is 17.9. The third kappa shape index (κ3) is 4.59. The Kier molecular flexibility index (Phi) is 5.97. The van der Waals surface area contributed by atoms with Crippen molar-refractivity contribution in [3.63, 3.8) is 0 Å². The van der Waals surface area contributed by atoms with Crippen molar-refractivity contribution in [2.24, 2.45) is 5.73 Å². The van der Waals surface area contributed by atoms with Crippen LogP contribution in [0.25, 0.3) is 0 Å². The molecule has 1 heterocycles. The minimum atomic E-state index is -0.0208. The molecule has 1 fully saturated rings. The van der Waals surface area contributed by atoms with Crippen molar-refractivity contribution in [1.29, 1.82) is 0 Å². The molecule has 4 heteroatoms. The monoisotopic (exact) mass is 288 g/mol. The second-order valence-corrected chi connectivity index (χ2v) is 6.19. The number of carbonyl (C=O) groups excluding carboxylic acids is 1. The van der Waals surface area contributed by atoms with Crippen LogP contribution in [0.2, 0.25) is 0 Å². The van der Waals surface area contributed by atoms with Gasteiger partial charge < -0.3 is 11.1 Å². The summed E-state index contributed by atoms with van der Waals surface area (Å²) in [6.45, 7) is 1.08. The fraction of sp³-hybridized carbons (Fsp3) is 0.438. The third-order valence-corrected chi connectivity index (χ3v) is 4.62. The number of thioether (sulfide) groups is 1. The molecule has 3 N–H and O–H groups in total. The molecular weight excluding hydrogens is 268 g/mol. The Morgan fingerprint density at radius 2 is 2.35 bits per heavy atom. The van der Waals surface area contributed by atoms with Gasteiger partial charge in [-0.3, -0.25) is 4.79 Å². The Morgan fingerprint density at radius 3 is 3.10 bits per heavy atom. The SMILES string of the molecule is NCC#Cc1cccc(C(=O)NCC2CCCCS2)c1. The number of nitrogens with two attached hydrogens (primary N) is 1. The van der Waals surface area contributed by atoms with Gasteiger partial charge in [-0.2, -0.15) is 11.8 Å². The van der Waals surface area contributed by atoms with Crippen molar-refractivity contribution in [3.8, 4) is 11.8 Å². The summed E-state index contributed by atoms with van der Waals surface area (Å²) < 4.78 is 0. The molecule has 20 heavy (non-hydrogen) atoms. The number of rotatable bonds is 3. The van der Waals surface area contributed by atoms with Gasteiger partial charge >= 0.3 is 0 Å². The van der Waals surface area contributed by atoms with E-state index in [2.05, 4.69) is 17.2 Å². The molecule has 2 rings (SSSR count). The number of hydrogen-bond acceptors (Lipinski definition) is 3. The smallest absolute Gasteiger partial charge is 0.251 e. The van der Waals surface area contributed by atoms with Crippen LogP contribution in [0.1, 0.15) is 35.2 Å². The lowest BCUT2D eigenvalue weighted by Gasteiger charge is -2.21. The molecule has 0 aromatic heterocycles. The van der Waals surface area contributed by atoms with Gasteiger partial charge in [0.15, 0.2) is 0 Å². The summed E-state index contributed by atoms with van der Waals surface area (Å²) in [7, 11) is 0. The highest BCUT2D eigenvalue weighted by atomic mass is 32.2. The van der Waals surface area contributed by atoms with Crippen LogP contribution in [-0.4, -0.2) is 30.0 Å². The summed E-state index contributed by atoms with van der Waals surface area (Å²) in [5.41, 5.74) is 6.84. The summed E-state index contributed by atoms with van der Waals surface area (Å²) in [5.74, 6) is 6.94. The number of benzene rings is 1. The van der Waals surface area contributed by atoms with Gasteiger partial charge in [-0.25, -0.2) is 0 Å². The molecule has 106 valence electrons. The lowest BCUT2D eigenvalue weighted by atomic mass is 10.1. The second kappa shape index (κ2) is 7.98. The molecule has 0 aliphatic carbocycles. The van der Waals surface area contributed by atoms with E-state index in [1.807, 2.05) is 36.0 Å². The summed E-state index contributed by atoms with van der Waals surface area (Å²) in [6.07, 6.45) is 3.78. The zero-order valence-corrected chi connectivity index (χ0v) is 12.3. The lowest BCUT2D eigenvalue weighted by Crippen LogP contribution is -2.31. The average Bonchev–Trinajstić information content (AvgIpc) is 2.52. The van der Waals surface area contributed by atoms with Gasteiger partial charge in [-0.05, 0) is 36.8 Å². The predicted octanol–water partition coefficient (Wildman–Crippen LogP) is 2.01. The van der Waals surface area contributed by atoms with Crippen molar-refractivity contribution in [1.82, 2.24) is 5.32 Å². The Bertz CT molecular complexity index is 513. The molecule has 0 spiro atoms. The first-order valence-corrected chi connectivity index (χ1v) is 8.03. The van der Waals surface area contributed by atoms with Gasteiger partial charge in [0.25, 0.3) is 5.91 Å². The van der Waals surface area contributed by atoms with Gasteiger partial charge in [-0.1, -0.05) is 24.3 Å². The summed E-state index contributed by atoms with van der Waals surface area (Å²) in [4.78, 5) is 12.1. The van der Waals surface area contributed by atoms with Crippen molar-refractivity contribution < 1.29 is 4.79 Å². The van der Waals surface area contributed by atoms with E-state index in [9.17, 15) is 4.79 Å². The fourth-order valence-corrected chi connectivity index (χ4v) is 3.41. The van der Waals surface area contributed by atoms with Crippen molar-refractivity contribution in [3.05, 3.63) is 35.4 Å². The minimum Gasteiger partial charge on any atom is -0.351 e. The molecule has 0 saturated carbocycles. The van der Waals surface area contributed by atoms with Gasteiger partial charge in [0.05, 0.1) is 6.54 Å². The number of hydrogen-bond donors (Lipinski definition) is 2. The van der Waals surface area contributed by atoms with Gasteiger partial charge in [0, 0.05) is 22.9 Å². The first kappa shape index (κ1) is 15.0. The van der Waals surface area contributed by atoms with Crippen molar-refractivity contribution >= 4 is 17.7 Å². The first-order valence-electron chi connectivity index (χ1n) is 6.98. The van der Waals surface area contributed by atoms with Crippen LogP contribution < -0.4 is 11.1 Å². The molecule has 0 bridgehead atoms. The molecule has 1 amide bonds. The van der Waals surface area contributed by atoms with Gasteiger partial charge in [0.1, 0.15) is 0 Å². The molecule has 1 unspecified atom stereocenters. The first-order chi connectivity index (χ1) is 9.79. The Balaban J connectivity index is 1.91. The molecule has 1 aromatic rings. The van der Waals surface area contributed by atoms with Crippen LogP contribution in [0.15, 0.2) is 24.3 Å². The topological polar surface area (TPSA) is 55.1 Å². The molecule has 0 radical (unpaired) electrons. The van der Waals surface area contributed by atoms with Crippen LogP contribution in [0.5, 0.6) is 0 Å². The van der Waals surface area contributed by atoms with E-state index < -0.39 is 0 Å². The Hall–Kier alpha value is -1.44. The molecule has 1 atom stereocenters. The quantitative estimate of drug-likeness (QED) is 0.837. The van der Waals surface area contributed by atoms with Crippen LogP contribution in [0.4, 0.5) is 0 Å². The van der Waals surface area contributed by atoms with Crippen LogP contribution in [0.3, 0.4) is 0 Å². The molecule has 1 aromatic carbocycles. The minimum absolute atomic E-state index is 0.0208. The number of amides is 1. The highest BCUT2D eigenvalue weighted by Crippen LogP contribution is 2.24. The third-order valence-electron chi connectivity index (χ3n) is 3.22.